The van der Waals surface area contributed by atoms with E-state index in [9.17, 15) is 8.42 Å². The number of nitrogens with zero attached hydrogens (tertiary/aromatic N) is 1. The molecular weight excluding hydrogens is 344 g/mol. The maximum absolute atomic E-state index is 12.7. The Morgan fingerprint density at radius 1 is 1.00 bits per heavy atom. The van der Waals surface area contributed by atoms with E-state index in [2.05, 4.69) is 5.32 Å². The molecule has 0 aliphatic carbocycles. The number of hydrogen-bond donors (Lipinski definition) is 1. The minimum absolute atomic E-state index is 0.370. The van der Waals surface area contributed by atoms with Gasteiger partial charge in [-0.25, -0.2) is 8.42 Å². The fraction of sp³-hybridized carbons (Fsp3) is 0.333. The average Bonchev–Trinajstić information content (AvgIpc) is 2.61. The van der Waals surface area contributed by atoms with Crippen LogP contribution in [0.2, 0.25) is 5.02 Å². The second-order valence-electron chi connectivity index (χ2n) is 5.98. The van der Waals surface area contributed by atoms with Crippen LogP contribution in [0.15, 0.2) is 53.4 Å². The summed E-state index contributed by atoms with van der Waals surface area (Å²) in [6.45, 7) is 1.78. The number of nitrogens with one attached hydrogen (secondary N) is 1. The summed E-state index contributed by atoms with van der Waals surface area (Å²) in [5.41, 5.74) is 1.83. The van der Waals surface area contributed by atoms with E-state index < -0.39 is 10.0 Å². The summed E-state index contributed by atoms with van der Waals surface area (Å²) in [6.07, 6.45) is 2.99. The van der Waals surface area contributed by atoms with Crippen LogP contribution in [-0.4, -0.2) is 25.8 Å². The van der Waals surface area contributed by atoms with E-state index in [1.807, 2.05) is 30.3 Å². The molecule has 24 heavy (non-hydrogen) atoms. The number of halogens is 1. The van der Waals surface area contributed by atoms with Crippen molar-refractivity contribution in [2.24, 2.45) is 0 Å². The number of benzene rings is 2. The maximum atomic E-state index is 12.7. The van der Waals surface area contributed by atoms with E-state index in [1.165, 1.54) is 0 Å². The molecule has 2 aromatic carbocycles. The van der Waals surface area contributed by atoms with Crippen LogP contribution in [0.4, 0.5) is 5.69 Å². The van der Waals surface area contributed by atoms with Gasteiger partial charge in [0.2, 0.25) is 10.0 Å². The third-order valence-electron chi connectivity index (χ3n) is 4.17. The average molecular weight is 365 g/mol. The highest BCUT2D eigenvalue weighted by molar-refractivity contribution is 7.89. The number of hydrogen-bond acceptors (Lipinski definition) is 3. The topological polar surface area (TPSA) is 49.4 Å². The van der Waals surface area contributed by atoms with Gasteiger partial charge < -0.3 is 5.32 Å². The number of anilines is 1. The van der Waals surface area contributed by atoms with Crippen molar-refractivity contribution in [3.8, 4) is 0 Å². The molecule has 4 nitrogen and oxygen atoms in total. The van der Waals surface area contributed by atoms with Gasteiger partial charge in [0.25, 0.3) is 0 Å². The summed E-state index contributed by atoms with van der Waals surface area (Å²) in [5.74, 6) is 0. The van der Waals surface area contributed by atoms with Crippen molar-refractivity contribution in [3.63, 3.8) is 0 Å². The molecule has 1 N–H and O–H groups in total. The predicted molar refractivity (Wildman–Crippen MR) is 97.8 cm³/mol. The largest absolute Gasteiger partial charge is 0.381 e. The van der Waals surface area contributed by atoms with E-state index in [1.54, 1.807) is 22.5 Å². The van der Waals surface area contributed by atoms with Crippen LogP contribution in [0, 0.1) is 0 Å². The fourth-order valence-electron chi connectivity index (χ4n) is 2.87. The molecule has 0 aromatic heterocycles. The summed E-state index contributed by atoms with van der Waals surface area (Å²) < 4.78 is 27.1. The molecule has 0 amide bonds. The lowest BCUT2D eigenvalue weighted by Crippen LogP contribution is -2.35. The molecule has 0 radical (unpaired) electrons. The molecule has 0 unspecified atom stereocenters. The Morgan fingerprint density at radius 3 is 2.50 bits per heavy atom. The first kappa shape index (κ1) is 17.3. The summed E-state index contributed by atoms with van der Waals surface area (Å²) in [7, 11) is -3.39. The molecule has 6 heteroatoms. The molecule has 1 aliphatic heterocycles. The normalized spacial score (nSPS) is 16.0. The first-order valence-electron chi connectivity index (χ1n) is 8.14. The lowest BCUT2D eigenvalue weighted by molar-refractivity contribution is 0.346. The predicted octanol–water partition coefficient (Wildman–Crippen LogP) is 4.13. The highest BCUT2D eigenvalue weighted by atomic mass is 35.5. The Kier molecular flexibility index (Phi) is 5.43. The molecule has 0 atom stereocenters. The molecule has 0 spiro atoms. The zero-order chi connectivity index (χ0) is 17.0. The van der Waals surface area contributed by atoms with Crippen molar-refractivity contribution >= 4 is 27.3 Å². The minimum Gasteiger partial charge on any atom is -0.381 e. The lowest BCUT2D eigenvalue weighted by atomic mass is 10.2. The van der Waals surface area contributed by atoms with Gasteiger partial charge in [-0.1, -0.05) is 36.2 Å². The molecule has 128 valence electrons. The van der Waals surface area contributed by atoms with E-state index in [0.717, 1.165) is 30.5 Å². The van der Waals surface area contributed by atoms with Gasteiger partial charge in [-0.05, 0) is 48.7 Å². The smallest absolute Gasteiger partial charge is 0.243 e. The Hall–Kier alpha value is -1.56. The first-order valence-corrected chi connectivity index (χ1v) is 9.96. The fourth-order valence-corrected chi connectivity index (χ4v) is 4.65. The van der Waals surface area contributed by atoms with Crippen LogP contribution in [0.1, 0.15) is 24.8 Å². The van der Waals surface area contributed by atoms with Crippen LogP contribution >= 0.6 is 11.6 Å². The molecule has 1 aliphatic rings. The van der Waals surface area contributed by atoms with Crippen molar-refractivity contribution in [1.29, 1.82) is 0 Å². The molecule has 3 rings (SSSR count). The zero-order valence-corrected chi connectivity index (χ0v) is 15.0. The van der Waals surface area contributed by atoms with E-state index in [-0.39, 0.29) is 0 Å². The summed E-state index contributed by atoms with van der Waals surface area (Å²) in [4.78, 5) is 0.370. The van der Waals surface area contributed by atoms with Gasteiger partial charge in [-0.3, -0.25) is 0 Å². The highest BCUT2D eigenvalue weighted by Crippen LogP contribution is 2.22. The summed E-state index contributed by atoms with van der Waals surface area (Å²) in [6, 6.07) is 14.6. The van der Waals surface area contributed by atoms with Crippen molar-refractivity contribution in [2.45, 2.75) is 30.7 Å². The monoisotopic (exact) mass is 364 g/mol. The third-order valence-corrected chi connectivity index (χ3v) is 6.30. The van der Waals surface area contributed by atoms with Crippen LogP contribution < -0.4 is 5.32 Å². The lowest BCUT2D eigenvalue weighted by Gasteiger charge is -2.26. The van der Waals surface area contributed by atoms with Gasteiger partial charge >= 0.3 is 0 Å². The summed E-state index contributed by atoms with van der Waals surface area (Å²) >= 11 is 5.97. The van der Waals surface area contributed by atoms with Crippen molar-refractivity contribution in [2.75, 3.05) is 18.4 Å². The molecule has 1 saturated heterocycles. The van der Waals surface area contributed by atoms with Gasteiger partial charge in [0.1, 0.15) is 0 Å². The number of piperidine rings is 1. The molecule has 2 aromatic rings. The SMILES string of the molecule is O=S(=O)(c1cccc(CNc2cccc(Cl)c2)c1)N1CCCCC1. The van der Waals surface area contributed by atoms with E-state index in [4.69, 9.17) is 11.6 Å². The van der Waals surface area contributed by atoms with Gasteiger partial charge in [0.15, 0.2) is 0 Å². The molecule has 1 heterocycles. The molecule has 0 saturated carbocycles. The second-order valence-corrected chi connectivity index (χ2v) is 8.35. The van der Waals surface area contributed by atoms with E-state index >= 15 is 0 Å². The quantitative estimate of drug-likeness (QED) is 0.867. The van der Waals surface area contributed by atoms with Crippen molar-refractivity contribution in [3.05, 3.63) is 59.1 Å². The third kappa shape index (κ3) is 4.09. The Labute approximate surface area is 148 Å². The Bertz CT molecular complexity index is 802. The van der Waals surface area contributed by atoms with E-state index in [0.29, 0.717) is 29.6 Å². The standard InChI is InChI=1S/C18H21ClN2O2S/c19-16-7-5-8-17(13-16)20-14-15-6-4-9-18(12-15)24(22,23)21-10-2-1-3-11-21/h4-9,12-13,20H,1-3,10-11,14H2. The number of sulfonamides is 1. The van der Waals surface area contributed by atoms with Crippen LogP contribution in [-0.2, 0) is 16.6 Å². The van der Waals surface area contributed by atoms with Gasteiger partial charge in [0, 0.05) is 30.3 Å². The molecule has 0 bridgehead atoms. The zero-order valence-electron chi connectivity index (χ0n) is 13.4. The van der Waals surface area contributed by atoms with Gasteiger partial charge in [-0.2, -0.15) is 4.31 Å². The minimum atomic E-state index is -3.39. The van der Waals surface area contributed by atoms with Crippen LogP contribution in [0.5, 0.6) is 0 Å². The maximum Gasteiger partial charge on any atom is 0.243 e. The van der Waals surface area contributed by atoms with Crippen LogP contribution in [0.25, 0.3) is 0 Å². The summed E-state index contributed by atoms with van der Waals surface area (Å²) in [5, 5.41) is 3.94. The van der Waals surface area contributed by atoms with Crippen molar-refractivity contribution < 1.29 is 8.42 Å². The molecule has 1 fully saturated rings. The second kappa shape index (κ2) is 7.55. The van der Waals surface area contributed by atoms with Crippen LogP contribution in [0.3, 0.4) is 0 Å². The highest BCUT2D eigenvalue weighted by Gasteiger charge is 2.25. The molecular formula is C18H21ClN2O2S. The van der Waals surface area contributed by atoms with Gasteiger partial charge in [-0.15, -0.1) is 0 Å². The number of rotatable bonds is 5. The van der Waals surface area contributed by atoms with Crippen molar-refractivity contribution in [1.82, 2.24) is 4.31 Å². The first-order chi connectivity index (χ1) is 11.6. The Morgan fingerprint density at radius 2 is 1.75 bits per heavy atom. The van der Waals surface area contributed by atoms with Gasteiger partial charge in [0.05, 0.1) is 4.90 Å². The Balaban J connectivity index is 1.74.